The molecule has 0 atom stereocenters. The first-order valence-electron chi connectivity index (χ1n) is 8.00. The number of aromatic nitrogens is 4. The Bertz CT molecular complexity index is 701. The molecule has 1 saturated heterocycles. The standard InChI is InChI=1S/C15H22N6OS/c1-4-12-10(3)23-15(17-12)18-14(22)13-9(2)21(20-19-13)11-5-7-16-8-6-11/h11,16H,4-8H2,1-3H3,(H,17,18,22). The Morgan fingerprint density at radius 1 is 1.39 bits per heavy atom. The molecule has 1 fully saturated rings. The molecule has 2 N–H and O–H groups in total. The molecule has 2 aromatic heterocycles. The predicted octanol–water partition coefficient (Wildman–Crippen LogP) is 2.09. The second kappa shape index (κ2) is 6.76. The second-order valence-electron chi connectivity index (χ2n) is 5.78. The third kappa shape index (κ3) is 3.28. The fourth-order valence-corrected chi connectivity index (χ4v) is 3.81. The third-order valence-electron chi connectivity index (χ3n) is 4.25. The molecule has 124 valence electrons. The van der Waals surface area contributed by atoms with Crippen molar-refractivity contribution in [2.45, 2.75) is 46.1 Å². The molecule has 0 unspecified atom stereocenters. The van der Waals surface area contributed by atoms with Gasteiger partial charge in [-0.3, -0.25) is 10.1 Å². The Hall–Kier alpha value is -1.80. The number of carbonyl (C=O) groups is 1. The van der Waals surface area contributed by atoms with Gasteiger partial charge in [-0.2, -0.15) is 0 Å². The van der Waals surface area contributed by atoms with Crippen molar-refractivity contribution in [2.24, 2.45) is 0 Å². The van der Waals surface area contributed by atoms with Crippen LogP contribution in [0.15, 0.2) is 0 Å². The van der Waals surface area contributed by atoms with Crippen molar-refractivity contribution in [1.82, 2.24) is 25.3 Å². The highest BCUT2D eigenvalue weighted by Crippen LogP contribution is 2.24. The van der Waals surface area contributed by atoms with Crippen LogP contribution in [0.5, 0.6) is 0 Å². The highest BCUT2D eigenvalue weighted by atomic mass is 32.1. The zero-order valence-corrected chi connectivity index (χ0v) is 14.5. The Labute approximate surface area is 139 Å². The lowest BCUT2D eigenvalue weighted by Crippen LogP contribution is -2.30. The number of piperidine rings is 1. The van der Waals surface area contributed by atoms with Gasteiger partial charge in [-0.25, -0.2) is 9.67 Å². The summed E-state index contributed by atoms with van der Waals surface area (Å²) in [5.41, 5.74) is 2.23. The van der Waals surface area contributed by atoms with E-state index in [1.54, 1.807) is 0 Å². The van der Waals surface area contributed by atoms with Crippen LogP contribution in [0.3, 0.4) is 0 Å². The topological polar surface area (TPSA) is 84.7 Å². The van der Waals surface area contributed by atoms with Gasteiger partial charge in [0.2, 0.25) is 0 Å². The SMILES string of the molecule is CCc1nc(NC(=O)c2nnn(C3CCNCC3)c2C)sc1C. The van der Waals surface area contributed by atoms with Crippen LogP contribution in [0.2, 0.25) is 0 Å². The summed E-state index contributed by atoms with van der Waals surface area (Å²) in [4.78, 5) is 18.0. The van der Waals surface area contributed by atoms with Gasteiger partial charge in [-0.1, -0.05) is 12.1 Å². The lowest BCUT2D eigenvalue weighted by molar-refractivity contribution is 0.102. The summed E-state index contributed by atoms with van der Waals surface area (Å²) in [6.45, 7) is 7.93. The van der Waals surface area contributed by atoms with Crippen LogP contribution in [-0.2, 0) is 6.42 Å². The first-order chi connectivity index (χ1) is 11.1. The second-order valence-corrected chi connectivity index (χ2v) is 6.98. The quantitative estimate of drug-likeness (QED) is 0.894. The number of carbonyl (C=O) groups excluding carboxylic acids is 1. The highest BCUT2D eigenvalue weighted by Gasteiger charge is 2.23. The molecule has 0 aliphatic carbocycles. The van der Waals surface area contributed by atoms with E-state index in [0.29, 0.717) is 16.9 Å². The summed E-state index contributed by atoms with van der Waals surface area (Å²) >= 11 is 1.50. The molecule has 0 aromatic carbocycles. The van der Waals surface area contributed by atoms with Crippen molar-refractivity contribution in [3.05, 3.63) is 22.0 Å². The van der Waals surface area contributed by atoms with Crippen molar-refractivity contribution < 1.29 is 4.79 Å². The zero-order valence-electron chi connectivity index (χ0n) is 13.7. The van der Waals surface area contributed by atoms with E-state index in [1.807, 2.05) is 18.5 Å². The van der Waals surface area contributed by atoms with Gasteiger partial charge in [-0.15, -0.1) is 16.4 Å². The fourth-order valence-electron chi connectivity index (χ4n) is 2.91. The lowest BCUT2D eigenvalue weighted by Gasteiger charge is -2.23. The van der Waals surface area contributed by atoms with E-state index in [1.165, 1.54) is 11.3 Å². The number of nitrogens with one attached hydrogen (secondary N) is 2. The van der Waals surface area contributed by atoms with Crippen molar-refractivity contribution in [3.8, 4) is 0 Å². The van der Waals surface area contributed by atoms with E-state index >= 15 is 0 Å². The summed E-state index contributed by atoms with van der Waals surface area (Å²) in [6, 6.07) is 0.319. The molecule has 7 nitrogen and oxygen atoms in total. The van der Waals surface area contributed by atoms with Crippen LogP contribution in [0, 0.1) is 13.8 Å². The van der Waals surface area contributed by atoms with Gasteiger partial charge in [-0.05, 0) is 46.2 Å². The van der Waals surface area contributed by atoms with E-state index in [9.17, 15) is 4.79 Å². The van der Waals surface area contributed by atoms with E-state index in [-0.39, 0.29) is 5.91 Å². The summed E-state index contributed by atoms with van der Waals surface area (Å²) in [5.74, 6) is -0.237. The molecule has 1 aliphatic heterocycles. The summed E-state index contributed by atoms with van der Waals surface area (Å²) in [7, 11) is 0. The third-order valence-corrected chi connectivity index (χ3v) is 5.17. The van der Waals surface area contributed by atoms with Gasteiger partial charge in [0.15, 0.2) is 10.8 Å². The summed E-state index contributed by atoms with van der Waals surface area (Å²) in [5, 5.41) is 15.1. The highest BCUT2D eigenvalue weighted by molar-refractivity contribution is 7.15. The van der Waals surface area contributed by atoms with Crippen molar-refractivity contribution in [3.63, 3.8) is 0 Å². The first-order valence-corrected chi connectivity index (χ1v) is 8.82. The predicted molar refractivity (Wildman–Crippen MR) is 90.1 cm³/mol. The largest absolute Gasteiger partial charge is 0.317 e. The summed E-state index contributed by atoms with van der Waals surface area (Å²) in [6.07, 6.45) is 2.89. The van der Waals surface area contributed by atoms with E-state index < -0.39 is 0 Å². The van der Waals surface area contributed by atoms with Crippen LogP contribution < -0.4 is 10.6 Å². The van der Waals surface area contributed by atoms with Crippen molar-refractivity contribution in [1.29, 1.82) is 0 Å². The normalized spacial score (nSPS) is 15.8. The Morgan fingerprint density at radius 2 is 2.13 bits per heavy atom. The average molecular weight is 334 g/mol. The molecule has 8 heteroatoms. The van der Waals surface area contributed by atoms with Gasteiger partial charge in [0, 0.05) is 4.88 Å². The minimum absolute atomic E-state index is 0.237. The van der Waals surface area contributed by atoms with Crippen LogP contribution >= 0.6 is 11.3 Å². The van der Waals surface area contributed by atoms with Crippen LogP contribution in [0.25, 0.3) is 0 Å². The Morgan fingerprint density at radius 3 is 2.78 bits per heavy atom. The first kappa shape index (κ1) is 16.1. The average Bonchev–Trinajstić information content (AvgIpc) is 3.10. The zero-order chi connectivity index (χ0) is 16.4. The number of rotatable bonds is 4. The number of anilines is 1. The molecular weight excluding hydrogens is 312 g/mol. The van der Waals surface area contributed by atoms with Gasteiger partial charge in [0.25, 0.3) is 5.91 Å². The smallest absolute Gasteiger partial charge is 0.279 e. The molecule has 0 radical (unpaired) electrons. The molecule has 2 aromatic rings. The monoisotopic (exact) mass is 334 g/mol. The maximum Gasteiger partial charge on any atom is 0.279 e. The number of aryl methyl sites for hydroxylation is 2. The van der Waals surface area contributed by atoms with Crippen LogP contribution in [0.1, 0.15) is 52.6 Å². The molecule has 1 aliphatic rings. The molecular formula is C15H22N6OS. The van der Waals surface area contributed by atoms with Gasteiger partial charge in [0.05, 0.1) is 17.4 Å². The van der Waals surface area contributed by atoms with Gasteiger partial charge in [0.1, 0.15) is 0 Å². The maximum absolute atomic E-state index is 12.5. The van der Waals surface area contributed by atoms with E-state index in [4.69, 9.17) is 0 Å². The number of hydrogen-bond donors (Lipinski definition) is 2. The molecule has 23 heavy (non-hydrogen) atoms. The molecule has 0 bridgehead atoms. The van der Waals surface area contributed by atoms with Crippen LogP contribution in [0.4, 0.5) is 5.13 Å². The van der Waals surface area contributed by atoms with Gasteiger partial charge < -0.3 is 5.32 Å². The van der Waals surface area contributed by atoms with E-state index in [2.05, 4.69) is 32.9 Å². The molecule has 3 heterocycles. The maximum atomic E-state index is 12.5. The number of nitrogens with zero attached hydrogens (tertiary/aromatic N) is 4. The molecule has 0 saturated carbocycles. The molecule has 3 rings (SSSR count). The fraction of sp³-hybridized carbons (Fsp3) is 0.600. The minimum atomic E-state index is -0.237. The number of amides is 1. The van der Waals surface area contributed by atoms with Gasteiger partial charge >= 0.3 is 0 Å². The van der Waals surface area contributed by atoms with E-state index in [0.717, 1.165) is 48.6 Å². The molecule has 1 amide bonds. The number of hydrogen-bond acceptors (Lipinski definition) is 6. The number of thiazole rings is 1. The van der Waals surface area contributed by atoms with Crippen LogP contribution in [-0.4, -0.2) is 39.0 Å². The Kier molecular flexibility index (Phi) is 4.72. The Balaban J connectivity index is 1.75. The van der Waals surface area contributed by atoms with Crippen molar-refractivity contribution in [2.75, 3.05) is 18.4 Å². The minimum Gasteiger partial charge on any atom is -0.317 e. The summed E-state index contributed by atoms with van der Waals surface area (Å²) < 4.78 is 1.89. The molecule has 0 spiro atoms. The lowest BCUT2D eigenvalue weighted by atomic mass is 10.1. The van der Waals surface area contributed by atoms with Crippen molar-refractivity contribution >= 4 is 22.4 Å².